The van der Waals surface area contributed by atoms with Gasteiger partial charge in [-0.2, -0.15) is 0 Å². The van der Waals surface area contributed by atoms with E-state index in [1.165, 1.54) is 0 Å². The standard InChI is InChI=1S/C19H15N3O/c1-12-3-7-16-18(9-12)20-11-22(19(16)23)15-6-8-17-14(10-15)5-4-13(2)21-17/h3-11H,1-2H3. The van der Waals surface area contributed by atoms with E-state index >= 15 is 0 Å². The van der Waals surface area contributed by atoms with Crippen LogP contribution >= 0.6 is 0 Å². The molecule has 112 valence electrons. The lowest BCUT2D eigenvalue weighted by Crippen LogP contribution is -2.18. The van der Waals surface area contributed by atoms with Crippen molar-refractivity contribution < 1.29 is 0 Å². The van der Waals surface area contributed by atoms with Crippen LogP contribution in [0.1, 0.15) is 11.3 Å². The van der Waals surface area contributed by atoms with E-state index in [-0.39, 0.29) is 5.56 Å². The quantitative estimate of drug-likeness (QED) is 0.540. The first-order valence-electron chi connectivity index (χ1n) is 7.48. The maximum Gasteiger partial charge on any atom is 0.265 e. The van der Waals surface area contributed by atoms with E-state index in [9.17, 15) is 4.79 Å². The largest absolute Gasteiger partial charge is 0.268 e. The highest BCUT2D eigenvalue weighted by atomic mass is 16.1. The van der Waals surface area contributed by atoms with Crippen LogP contribution in [-0.4, -0.2) is 14.5 Å². The van der Waals surface area contributed by atoms with Gasteiger partial charge in [0.25, 0.3) is 5.56 Å². The lowest BCUT2D eigenvalue weighted by Gasteiger charge is -2.08. The van der Waals surface area contributed by atoms with Crippen molar-refractivity contribution in [2.45, 2.75) is 13.8 Å². The van der Waals surface area contributed by atoms with E-state index in [4.69, 9.17) is 0 Å². The topological polar surface area (TPSA) is 47.8 Å². The Labute approximate surface area is 133 Å². The van der Waals surface area contributed by atoms with E-state index in [2.05, 4.69) is 9.97 Å². The number of hydrogen-bond donors (Lipinski definition) is 0. The highest BCUT2D eigenvalue weighted by Crippen LogP contribution is 2.17. The van der Waals surface area contributed by atoms with Crippen LogP contribution in [0.25, 0.3) is 27.5 Å². The maximum absolute atomic E-state index is 12.7. The number of rotatable bonds is 1. The van der Waals surface area contributed by atoms with Crippen molar-refractivity contribution in [3.63, 3.8) is 0 Å². The fourth-order valence-electron chi connectivity index (χ4n) is 2.78. The van der Waals surface area contributed by atoms with Crippen LogP contribution in [0.4, 0.5) is 0 Å². The van der Waals surface area contributed by atoms with Crippen LogP contribution < -0.4 is 5.56 Å². The summed E-state index contributed by atoms with van der Waals surface area (Å²) < 4.78 is 1.58. The summed E-state index contributed by atoms with van der Waals surface area (Å²) in [5.41, 5.74) is 4.45. The minimum Gasteiger partial charge on any atom is -0.268 e. The highest BCUT2D eigenvalue weighted by Gasteiger charge is 2.07. The van der Waals surface area contributed by atoms with Crippen LogP contribution in [-0.2, 0) is 0 Å². The molecular formula is C19H15N3O. The zero-order valence-electron chi connectivity index (χ0n) is 12.9. The van der Waals surface area contributed by atoms with E-state index < -0.39 is 0 Å². The predicted molar refractivity (Wildman–Crippen MR) is 92.1 cm³/mol. The number of pyridine rings is 1. The zero-order chi connectivity index (χ0) is 16.0. The van der Waals surface area contributed by atoms with Crippen molar-refractivity contribution >= 4 is 21.8 Å². The minimum atomic E-state index is -0.0607. The molecule has 2 aromatic carbocycles. The molecule has 0 spiro atoms. The molecule has 0 aliphatic carbocycles. The molecule has 2 heterocycles. The number of aromatic nitrogens is 3. The molecule has 0 saturated carbocycles. The summed E-state index contributed by atoms with van der Waals surface area (Å²) in [5, 5.41) is 1.63. The van der Waals surface area contributed by atoms with Crippen LogP contribution in [0.3, 0.4) is 0 Å². The van der Waals surface area contributed by atoms with Crippen molar-refractivity contribution in [2.24, 2.45) is 0 Å². The fourth-order valence-corrected chi connectivity index (χ4v) is 2.78. The summed E-state index contributed by atoms with van der Waals surface area (Å²) in [4.78, 5) is 21.6. The molecule has 0 saturated heterocycles. The van der Waals surface area contributed by atoms with Gasteiger partial charge in [-0.15, -0.1) is 0 Å². The Morgan fingerprint density at radius 1 is 0.913 bits per heavy atom. The third kappa shape index (κ3) is 2.28. The van der Waals surface area contributed by atoms with E-state index in [1.54, 1.807) is 10.9 Å². The van der Waals surface area contributed by atoms with Gasteiger partial charge in [-0.1, -0.05) is 12.1 Å². The van der Waals surface area contributed by atoms with Gasteiger partial charge in [0.2, 0.25) is 0 Å². The Morgan fingerprint density at radius 3 is 2.65 bits per heavy atom. The average molecular weight is 301 g/mol. The van der Waals surface area contributed by atoms with E-state index in [0.717, 1.165) is 33.4 Å². The van der Waals surface area contributed by atoms with Crippen molar-refractivity contribution in [3.8, 4) is 5.69 Å². The molecule has 0 radical (unpaired) electrons. The normalized spacial score (nSPS) is 11.2. The molecule has 0 atom stereocenters. The predicted octanol–water partition coefficient (Wildman–Crippen LogP) is 3.55. The lowest BCUT2D eigenvalue weighted by atomic mass is 10.1. The smallest absolute Gasteiger partial charge is 0.265 e. The Hall–Kier alpha value is -3.01. The number of benzene rings is 2. The molecular weight excluding hydrogens is 286 g/mol. The number of nitrogens with zero attached hydrogens (tertiary/aromatic N) is 3. The highest BCUT2D eigenvalue weighted by molar-refractivity contribution is 5.82. The van der Waals surface area contributed by atoms with Gasteiger partial charge in [-0.3, -0.25) is 14.3 Å². The summed E-state index contributed by atoms with van der Waals surface area (Å²) in [6, 6.07) is 15.5. The Morgan fingerprint density at radius 2 is 1.78 bits per heavy atom. The van der Waals surface area contributed by atoms with Gasteiger partial charge in [0.15, 0.2) is 0 Å². The molecule has 0 aliphatic heterocycles. The van der Waals surface area contributed by atoms with Crippen molar-refractivity contribution in [3.05, 3.63) is 76.5 Å². The summed E-state index contributed by atoms with van der Waals surface area (Å²) in [6.07, 6.45) is 1.59. The van der Waals surface area contributed by atoms with Gasteiger partial charge in [-0.25, -0.2) is 4.98 Å². The van der Waals surface area contributed by atoms with Gasteiger partial charge in [0.1, 0.15) is 6.33 Å². The molecule has 0 N–H and O–H groups in total. The third-order valence-electron chi connectivity index (χ3n) is 4.00. The molecule has 0 amide bonds. The summed E-state index contributed by atoms with van der Waals surface area (Å²) >= 11 is 0. The van der Waals surface area contributed by atoms with Gasteiger partial charge >= 0.3 is 0 Å². The van der Waals surface area contributed by atoms with Gasteiger partial charge in [-0.05, 0) is 55.8 Å². The second-order valence-electron chi connectivity index (χ2n) is 5.77. The molecule has 0 aliphatic rings. The molecule has 23 heavy (non-hydrogen) atoms. The Bertz CT molecular complexity index is 1110. The molecule has 4 aromatic rings. The van der Waals surface area contributed by atoms with Crippen LogP contribution in [0.15, 0.2) is 59.7 Å². The van der Waals surface area contributed by atoms with Crippen molar-refractivity contribution in [2.75, 3.05) is 0 Å². The Kier molecular flexibility index (Phi) is 2.98. The first kappa shape index (κ1) is 13.6. The maximum atomic E-state index is 12.7. The van der Waals surface area contributed by atoms with Gasteiger partial charge < -0.3 is 0 Å². The third-order valence-corrected chi connectivity index (χ3v) is 4.00. The van der Waals surface area contributed by atoms with Crippen molar-refractivity contribution in [1.82, 2.24) is 14.5 Å². The van der Waals surface area contributed by atoms with Crippen molar-refractivity contribution in [1.29, 1.82) is 0 Å². The average Bonchev–Trinajstić information content (AvgIpc) is 2.54. The monoisotopic (exact) mass is 301 g/mol. The summed E-state index contributed by atoms with van der Waals surface area (Å²) in [5.74, 6) is 0. The zero-order valence-corrected chi connectivity index (χ0v) is 12.9. The van der Waals surface area contributed by atoms with Crippen LogP contribution in [0.2, 0.25) is 0 Å². The first-order valence-corrected chi connectivity index (χ1v) is 7.48. The summed E-state index contributed by atoms with van der Waals surface area (Å²) in [7, 11) is 0. The second-order valence-corrected chi connectivity index (χ2v) is 5.77. The van der Waals surface area contributed by atoms with Crippen LogP contribution in [0, 0.1) is 13.8 Å². The van der Waals surface area contributed by atoms with Gasteiger partial charge in [0.05, 0.1) is 22.1 Å². The van der Waals surface area contributed by atoms with Crippen LogP contribution in [0.5, 0.6) is 0 Å². The molecule has 2 aromatic heterocycles. The number of hydrogen-bond acceptors (Lipinski definition) is 3. The second kappa shape index (κ2) is 5.02. The molecule has 0 fully saturated rings. The van der Waals surface area contributed by atoms with Gasteiger partial charge in [0, 0.05) is 11.1 Å². The lowest BCUT2D eigenvalue weighted by molar-refractivity contribution is 0.964. The molecule has 4 rings (SSSR count). The Balaban J connectivity index is 1.95. The number of aryl methyl sites for hydroxylation is 2. The summed E-state index contributed by atoms with van der Waals surface area (Å²) in [6.45, 7) is 3.96. The number of fused-ring (bicyclic) bond motifs is 2. The first-order chi connectivity index (χ1) is 11.1. The molecule has 4 nitrogen and oxygen atoms in total. The minimum absolute atomic E-state index is 0.0607. The molecule has 0 unspecified atom stereocenters. The SMILES string of the molecule is Cc1ccc2c(=O)n(-c3ccc4nc(C)ccc4c3)cnc2c1. The molecule has 0 bridgehead atoms. The molecule has 4 heteroatoms. The van der Waals surface area contributed by atoms with E-state index in [0.29, 0.717) is 5.39 Å². The fraction of sp³-hybridized carbons (Fsp3) is 0.105. The van der Waals surface area contributed by atoms with E-state index in [1.807, 2.05) is 62.4 Å².